The average molecular weight is 253 g/mol. The Kier molecular flexibility index (Phi) is 2.38. The third kappa shape index (κ3) is 1.61. The maximum Gasteiger partial charge on any atom is 0.335 e. The zero-order chi connectivity index (χ0) is 13.6. The van der Waals surface area contributed by atoms with E-state index < -0.39 is 5.97 Å². The molecule has 2 aromatic carbocycles. The minimum atomic E-state index is -0.998. The molecule has 1 heterocycles. The summed E-state index contributed by atoms with van der Waals surface area (Å²) in [5.41, 5.74) is 0.687. The molecule has 0 unspecified atom stereocenters. The van der Waals surface area contributed by atoms with Gasteiger partial charge in [0.15, 0.2) is 0 Å². The van der Waals surface area contributed by atoms with Gasteiger partial charge in [-0.2, -0.15) is 0 Å². The Balaban J connectivity index is 2.58. The van der Waals surface area contributed by atoms with Gasteiger partial charge in [-0.15, -0.1) is 0 Å². The number of fused-ring (bicyclic) bond motifs is 3. The van der Waals surface area contributed by atoms with Crippen molar-refractivity contribution in [2.24, 2.45) is 7.05 Å². The highest BCUT2D eigenvalue weighted by molar-refractivity contribution is 6.07. The van der Waals surface area contributed by atoms with E-state index in [9.17, 15) is 9.59 Å². The molecule has 3 rings (SSSR count). The summed E-state index contributed by atoms with van der Waals surface area (Å²) in [7, 11) is 1.66. The predicted molar refractivity (Wildman–Crippen MR) is 73.7 cm³/mol. The first-order valence-electron chi connectivity index (χ1n) is 5.84. The van der Waals surface area contributed by atoms with Gasteiger partial charge in [0.1, 0.15) is 0 Å². The molecule has 3 aromatic rings. The van der Waals surface area contributed by atoms with E-state index in [1.807, 2.05) is 18.2 Å². The molecule has 0 saturated carbocycles. The van der Waals surface area contributed by atoms with E-state index in [4.69, 9.17) is 5.11 Å². The monoisotopic (exact) mass is 253 g/mol. The van der Waals surface area contributed by atoms with Crippen LogP contribution in [0, 0.1) is 0 Å². The van der Waals surface area contributed by atoms with Crippen LogP contribution in [-0.4, -0.2) is 15.6 Å². The number of aromatic carboxylic acids is 1. The SMILES string of the molecule is Cn1c(=O)c2ccccc2c2ccc(C(=O)O)cc21. The van der Waals surface area contributed by atoms with Crippen LogP contribution in [0.25, 0.3) is 21.7 Å². The zero-order valence-corrected chi connectivity index (χ0v) is 10.3. The maximum atomic E-state index is 12.2. The second-order valence-corrected chi connectivity index (χ2v) is 4.45. The Morgan fingerprint density at radius 3 is 2.42 bits per heavy atom. The smallest absolute Gasteiger partial charge is 0.335 e. The number of hydrogen-bond donors (Lipinski definition) is 1. The molecular formula is C15H11NO3. The maximum absolute atomic E-state index is 12.2. The van der Waals surface area contributed by atoms with Crippen LogP contribution in [-0.2, 0) is 7.05 Å². The van der Waals surface area contributed by atoms with Crippen LogP contribution >= 0.6 is 0 Å². The number of benzene rings is 2. The van der Waals surface area contributed by atoms with E-state index in [-0.39, 0.29) is 11.1 Å². The van der Waals surface area contributed by atoms with Gasteiger partial charge in [0.05, 0.1) is 11.1 Å². The Bertz CT molecular complexity index is 878. The zero-order valence-electron chi connectivity index (χ0n) is 10.3. The molecule has 0 atom stereocenters. The Morgan fingerprint density at radius 1 is 1.05 bits per heavy atom. The first-order chi connectivity index (χ1) is 9.09. The normalized spacial score (nSPS) is 11.0. The van der Waals surface area contributed by atoms with Gasteiger partial charge in [0, 0.05) is 17.8 Å². The number of aromatic nitrogens is 1. The quantitative estimate of drug-likeness (QED) is 0.677. The molecule has 4 nitrogen and oxygen atoms in total. The van der Waals surface area contributed by atoms with E-state index in [1.54, 1.807) is 25.2 Å². The minimum Gasteiger partial charge on any atom is -0.478 e. The van der Waals surface area contributed by atoms with Gasteiger partial charge in [-0.05, 0) is 23.6 Å². The fourth-order valence-corrected chi connectivity index (χ4v) is 2.36. The predicted octanol–water partition coefficient (Wildman–Crippen LogP) is 2.39. The highest BCUT2D eigenvalue weighted by atomic mass is 16.4. The van der Waals surface area contributed by atoms with Crippen LogP contribution in [0.15, 0.2) is 47.3 Å². The minimum absolute atomic E-state index is 0.120. The van der Waals surface area contributed by atoms with Crippen LogP contribution in [0.1, 0.15) is 10.4 Å². The summed E-state index contributed by atoms with van der Waals surface area (Å²) >= 11 is 0. The largest absolute Gasteiger partial charge is 0.478 e. The number of carboxylic acid groups (broad SMARTS) is 1. The van der Waals surface area contributed by atoms with Gasteiger partial charge in [0.2, 0.25) is 0 Å². The summed E-state index contributed by atoms with van der Waals surface area (Å²) < 4.78 is 1.49. The van der Waals surface area contributed by atoms with Gasteiger partial charge in [0.25, 0.3) is 5.56 Å². The second-order valence-electron chi connectivity index (χ2n) is 4.45. The van der Waals surface area contributed by atoms with Crippen molar-refractivity contribution in [3.63, 3.8) is 0 Å². The second kappa shape index (κ2) is 3.95. The number of carboxylic acids is 1. The summed E-state index contributed by atoms with van der Waals surface area (Å²) in [4.78, 5) is 23.3. The van der Waals surface area contributed by atoms with Crippen LogP contribution in [0.5, 0.6) is 0 Å². The third-order valence-electron chi connectivity index (χ3n) is 3.36. The van der Waals surface area contributed by atoms with Crippen LogP contribution in [0.3, 0.4) is 0 Å². The van der Waals surface area contributed by atoms with Gasteiger partial charge in [-0.3, -0.25) is 4.79 Å². The molecule has 0 radical (unpaired) electrons. The number of rotatable bonds is 1. The lowest BCUT2D eigenvalue weighted by molar-refractivity contribution is 0.0697. The summed E-state index contributed by atoms with van der Waals surface area (Å²) in [5, 5.41) is 11.4. The average Bonchev–Trinajstić information content (AvgIpc) is 2.44. The van der Waals surface area contributed by atoms with Crippen molar-refractivity contribution in [3.8, 4) is 0 Å². The number of pyridine rings is 1. The lowest BCUT2D eigenvalue weighted by Crippen LogP contribution is -2.17. The molecule has 0 spiro atoms. The summed E-state index contributed by atoms with van der Waals surface area (Å²) in [6, 6.07) is 12.2. The van der Waals surface area contributed by atoms with Gasteiger partial charge < -0.3 is 9.67 Å². The summed E-state index contributed by atoms with van der Waals surface area (Å²) in [6.45, 7) is 0. The van der Waals surface area contributed by atoms with E-state index in [0.717, 1.165) is 10.8 Å². The van der Waals surface area contributed by atoms with Crippen molar-refractivity contribution in [1.29, 1.82) is 0 Å². The standard InChI is InChI=1S/C15H11NO3/c1-16-13-8-9(15(18)19)6-7-11(13)10-4-2-3-5-12(10)14(16)17/h2-8H,1H3,(H,18,19). The molecule has 0 aliphatic carbocycles. The molecule has 0 bridgehead atoms. The van der Waals surface area contributed by atoms with Crippen molar-refractivity contribution in [2.45, 2.75) is 0 Å². The number of hydrogen-bond acceptors (Lipinski definition) is 2. The molecule has 94 valence electrons. The molecular weight excluding hydrogens is 242 g/mol. The van der Waals surface area contributed by atoms with E-state index >= 15 is 0 Å². The Labute approximate surface area is 108 Å². The highest BCUT2D eigenvalue weighted by Crippen LogP contribution is 2.23. The first kappa shape index (κ1) is 11.5. The molecule has 1 aromatic heterocycles. The first-order valence-corrected chi connectivity index (χ1v) is 5.84. The van der Waals surface area contributed by atoms with Crippen molar-refractivity contribution in [1.82, 2.24) is 4.57 Å². The molecule has 0 amide bonds. The van der Waals surface area contributed by atoms with Crippen LogP contribution in [0.2, 0.25) is 0 Å². The Hall–Kier alpha value is -2.62. The van der Waals surface area contributed by atoms with Crippen molar-refractivity contribution < 1.29 is 9.90 Å². The fourth-order valence-electron chi connectivity index (χ4n) is 2.36. The fraction of sp³-hybridized carbons (Fsp3) is 0.0667. The number of nitrogens with zero attached hydrogens (tertiary/aromatic N) is 1. The van der Waals surface area contributed by atoms with E-state index in [2.05, 4.69) is 0 Å². The molecule has 4 heteroatoms. The lowest BCUT2D eigenvalue weighted by Gasteiger charge is -2.09. The lowest BCUT2D eigenvalue weighted by atomic mass is 10.0. The number of carbonyl (C=O) groups is 1. The van der Waals surface area contributed by atoms with Crippen molar-refractivity contribution in [3.05, 3.63) is 58.4 Å². The third-order valence-corrected chi connectivity index (χ3v) is 3.36. The van der Waals surface area contributed by atoms with Gasteiger partial charge in [-0.25, -0.2) is 4.79 Å². The van der Waals surface area contributed by atoms with E-state index in [0.29, 0.717) is 10.9 Å². The molecule has 0 saturated heterocycles. The Morgan fingerprint density at radius 2 is 1.74 bits per heavy atom. The molecule has 0 aliphatic rings. The highest BCUT2D eigenvalue weighted by Gasteiger charge is 2.10. The van der Waals surface area contributed by atoms with Crippen molar-refractivity contribution >= 4 is 27.6 Å². The van der Waals surface area contributed by atoms with Crippen LogP contribution in [0.4, 0.5) is 0 Å². The number of aryl methyl sites for hydroxylation is 1. The van der Waals surface area contributed by atoms with Crippen LogP contribution < -0.4 is 5.56 Å². The van der Waals surface area contributed by atoms with Crippen molar-refractivity contribution in [2.75, 3.05) is 0 Å². The molecule has 0 aliphatic heterocycles. The van der Waals surface area contributed by atoms with Gasteiger partial charge >= 0.3 is 5.97 Å². The molecule has 19 heavy (non-hydrogen) atoms. The van der Waals surface area contributed by atoms with E-state index in [1.165, 1.54) is 10.6 Å². The summed E-state index contributed by atoms with van der Waals surface area (Å²) in [5.74, 6) is -0.998. The van der Waals surface area contributed by atoms with Gasteiger partial charge in [-0.1, -0.05) is 24.3 Å². The molecule has 1 N–H and O–H groups in total. The summed E-state index contributed by atoms with van der Waals surface area (Å²) in [6.07, 6.45) is 0. The topological polar surface area (TPSA) is 59.3 Å². The molecule has 0 fully saturated rings.